The van der Waals surface area contributed by atoms with Gasteiger partial charge in [0.25, 0.3) is 0 Å². The summed E-state index contributed by atoms with van der Waals surface area (Å²) in [5.74, 6) is 1.65. The minimum atomic E-state index is 0.300. The molecule has 0 aliphatic carbocycles. The Kier molecular flexibility index (Phi) is 4.00. The van der Waals surface area contributed by atoms with Gasteiger partial charge in [-0.3, -0.25) is 0 Å². The molecule has 7 heteroatoms. The van der Waals surface area contributed by atoms with Crippen LogP contribution in [0.25, 0.3) is 5.69 Å². The lowest BCUT2D eigenvalue weighted by molar-refractivity contribution is 0.376. The third-order valence-electron chi connectivity index (χ3n) is 4.51. The van der Waals surface area contributed by atoms with Crippen LogP contribution in [0.15, 0.2) is 49.2 Å². The second-order valence-electron chi connectivity index (χ2n) is 6.21. The van der Waals surface area contributed by atoms with E-state index in [1.54, 1.807) is 17.3 Å². The zero-order valence-electron chi connectivity index (χ0n) is 13.6. The Morgan fingerprint density at radius 3 is 2.92 bits per heavy atom. The Morgan fingerprint density at radius 1 is 1.25 bits per heavy atom. The van der Waals surface area contributed by atoms with Gasteiger partial charge in [-0.15, -0.1) is 0 Å². The summed E-state index contributed by atoms with van der Waals surface area (Å²) >= 11 is 0. The number of benzene rings is 1. The fraction of sp³-hybridized carbons (Fsp3) is 0.353. The number of rotatable bonds is 5. The highest BCUT2D eigenvalue weighted by molar-refractivity contribution is 5.36. The molecule has 1 aliphatic heterocycles. The van der Waals surface area contributed by atoms with Crippen LogP contribution in [-0.4, -0.2) is 37.6 Å². The molecule has 7 nitrogen and oxygen atoms in total. The summed E-state index contributed by atoms with van der Waals surface area (Å²) < 4.78 is 3.80. The molecule has 2 N–H and O–H groups in total. The van der Waals surface area contributed by atoms with Crippen molar-refractivity contribution in [3.05, 3.63) is 54.7 Å². The molecule has 0 saturated heterocycles. The number of nitrogens with one attached hydrogen (secondary N) is 2. The van der Waals surface area contributed by atoms with Crippen LogP contribution in [0.4, 0.5) is 5.82 Å². The zero-order chi connectivity index (χ0) is 16.4. The van der Waals surface area contributed by atoms with Crippen molar-refractivity contribution in [2.45, 2.75) is 19.5 Å². The molecule has 124 valence electrons. The van der Waals surface area contributed by atoms with Gasteiger partial charge < -0.3 is 10.6 Å². The van der Waals surface area contributed by atoms with Gasteiger partial charge in [-0.05, 0) is 24.6 Å². The summed E-state index contributed by atoms with van der Waals surface area (Å²) in [6.07, 6.45) is 5.09. The molecule has 24 heavy (non-hydrogen) atoms. The van der Waals surface area contributed by atoms with Crippen molar-refractivity contribution in [1.82, 2.24) is 29.9 Å². The Morgan fingerprint density at radius 2 is 2.12 bits per heavy atom. The van der Waals surface area contributed by atoms with E-state index in [-0.39, 0.29) is 0 Å². The number of hydrogen-bond donors (Lipinski definition) is 2. The minimum absolute atomic E-state index is 0.300. The van der Waals surface area contributed by atoms with E-state index < -0.39 is 0 Å². The molecule has 2 atom stereocenters. The lowest BCUT2D eigenvalue weighted by Gasteiger charge is -2.26. The predicted molar refractivity (Wildman–Crippen MR) is 92.0 cm³/mol. The predicted octanol–water partition coefficient (Wildman–Crippen LogP) is 1.86. The first-order valence-electron chi connectivity index (χ1n) is 8.23. The van der Waals surface area contributed by atoms with Gasteiger partial charge in [0.15, 0.2) is 0 Å². The Bertz CT molecular complexity index is 776. The summed E-state index contributed by atoms with van der Waals surface area (Å²) in [4.78, 5) is 3.98. The summed E-state index contributed by atoms with van der Waals surface area (Å²) in [7, 11) is 0. The van der Waals surface area contributed by atoms with Crippen molar-refractivity contribution >= 4 is 5.82 Å². The Labute approximate surface area is 140 Å². The van der Waals surface area contributed by atoms with Crippen molar-refractivity contribution in [2.75, 3.05) is 18.4 Å². The highest BCUT2D eigenvalue weighted by Crippen LogP contribution is 2.18. The average molecular weight is 323 g/mol. The van der Waals surface area contributed by atoms with Gasteiger partial charge in [-0.2, -0.15) is 10.2 Å². The summed E-state index contributed by atoms with van der Waals surface area (Å²) in [6.45, 7) is 5.09. The van der Waals surface area contributed by atoms with Gasteiger partial charge >= 0.3 is 0 Å². The number of anilines is 1. The van der Waals surface area contributed by atoms with Crippen LogP contribution >= 0.6 is 0 Å². The summed E-state index contributed by atoms with van der Waals surface area (Å²) in [5.41, 5.74) is 2.29. The van der Waals surface area contributed by atoms with Crippen LogP contribution in [0.5, 0.6) is 0 Å². The number of hydrogen-bond acceptors (Lipinski definition) is 5. The third-order valence-corrected chi connectivity index (χ3v) is 4.51. The molecule has 2 aromatic heterocycles. The fourth-order valence-corrected chi connectivity index (χ4v) is 3.04. The van der Waals surface area contributed by atoms with E-state index in [1.807, 2.05) is 16.9 Å². The monoisotopic (exact) mass is 323 g/mol. The van der Waals surface area contributed by atoms with Crippen LogP contribution in [0.1, 0.15) is 18.5 Å². The normalized spacial score (nSPS) is 18.0. The number of aromatic nitrogens is 5. The first kappa shape index (κ1) is 14.9. The molecule has 0 amide bonds. The van der Waals surface area contributed by atoms with Crippen LogP contribution in [0.3, 0.4) is 0 Å². The molecule has 3 heterocycles. The largest absolute Gasteiger partial charge is 0.370 e. The van der Waals surface area contributed by atoms with E-state index in [2.05, 4.69) is 57.0 Å². The lowest BCUT2D eigenvalue weighted by atomic mass is 10.1. The van der Waals surface area contributed by atoms with E-state index in [1.165, 1.54) is 5.56 Å². The van der Waals surface area contributed by atoms with Crippen molar-refractivity contribution in [3.63, 3.8) is 0 Å². The summed E-state index contributed by atoms with van der Waals surface area (Å²) in [6, 6.07) is 10.7. The molecule has 1 aliphatic rings. The van der Waals surface area contributed by atoms with Gasteiger partial charge in [-0.1, -0.05) is 12.1 Å². The molecule has 4 rings (SSSR count). The molecule has 2 unspecified atom stereocenters. The molecule has 3 aromatic rings. The zero-order valence-corrected chi connectivity index (χ0v) is 13.6. The van der Waals surface area contributed by atoms with Gasteiger partial charge in [0.1, 0.15) is 18.5 Å². The molecule has 0 radical (unpaired) electrons. The highest BCUT2D eigenvalue weighted by Gasteiger charge is 2.18. The highest BCUT2D eigenvalue weighted by atomic mass is 15.3. The van der Waals surface area contributed by atoms with Gasteiger partial charge in [0.05, 0.1) is 11.9 Å². The number of nitrogens with zero attached hydrogens (tertiary/aromatic N) is 5. The van der Waals surface area contributed by atoms with Crippen LogP contribution in [0.2, 0.25) is 0 Å². The van der Waals surface area contributed by atoms with E-state index in [0.29, 0.717) is 12.0 Å². The minimum Gasteiger partial charge on any atom is -0.370 e. The van der Waals surface area contributed by atoms with Crippen molar-refractivity contribution in [2.24, 2.45) is 5.92 Å². The topological polar surface area (TPSA) is 72.6 Å². The Hall–Kier alpha value is -2.67. The SMILES string of the molecule is CC(NCC1CNc2ccnn2C1)c1ccc(-n2cncn2)cc1. The van der Waals surface area contributed by atoms with Gasteiger partial charge in [0.2, 0.25) is 0 Å². The van der Waals surface area contributed by atoms with Gasteiger partial charge in [-0.25, -0.2) is 14.3 Å². The standard InChI is InChI=1S/C17H21N7/c1-13(15-2-4-16(5-3-15)24-12-18-11-22-24)19-8-14-9-20-17-6-7-21-23(17)10-14/h2-7,11-14,19-20H,8-10H2,1H3. The van der Waals surface area contributed by atoms with Crippen LogP contribution in [0, 0.1) is 5.92 Å². The van der Waals surface area contributed by atoms with E-state index in [9.17, 15) is 0 Å². The molecule has 0 bridgehead atoms. The second-order valence-corrected chi connectivity index (χ2v) is 6.21. The maximum Gasteiger partial charge on any atom is 0.138 e. The summed E-state index contributed by atoms with van der Waals surface area (Å²) in [5, 5.41) is 15.5. The molecule has 1 aromatic carbocycles. The first-order valence-corrected chi connectivity index (χ1v) is 8.23. The lowest BCUT2D eigenvalue weighted by Crippen LogP contribution is -2.36. The van der Waals surface area contributed by atoms with Crippen molar-refractivity contribution in [1.29, 1.82) is 0 Å². The van der Waals surface area contributed by atoms with Crippen LogP contribution in [-0.2, 0) is 6.54 Å². The van der Waals surface area contributed by atoms with E-state index in [0.717, 1.165) is 31.1 Å². The molecular weight excluding hydrogens is 302 g/mol. The fourth-order valence-electron chi connectivity index (χ4n) is 3.04. The number of fused-ring (bicyclic) bond motifs is 1. The van der Waals surface area contributed by atoms with E-state index in [4.69, 9.17) is 0 Å². The van der Waals surface area contributed by atoms with Crippen molar-refractivity contribution < 1.29 is 0 Å². The maximum absolute atomic E-state index is 4.34. The van der Waals surface area contributed by atoms with E-state index >= 15 is 0 Å². The van der Waals surface area contributed by atoms with Crippen LogP contribution < -0.4 is 10.6 Å². The third kappa shape index (κ3) is 3.03. The average Bonchev–Trinajstić information content (AvgIpc) is 3.31. The van der Waals surface area contributed by atoms with Gasteiger partial charge in [0, 0.05) is 37.7 Å². The first-order chi connectivity index (χ1) is 11.8. The molecule has 0 saturated carbocycles. The smallest absolute Gasteiger partial charge is 0.138 e. The molecule has 0 spiro atoms. The second kappa shape index (κ2) is 6.45. The molecule has 0 fully saturated rings. The quantitative estimate of drug-likeness (QED) is 0.750. The maximum atomic E-state index is 4.34. The Balaban J connectivity index is 1.34. The molecular formula is C17H21N7. The van der Waals surface area contributed by atoms with Crippen molar-refractivity contribution in [3.8, 4) is 5.69 Å².